The molecule has 0 radical (unpaired) electrons. The van der Waals surface area contributed by atoms with Crippen LogP contribution in [0, 0.1) is 0 Å². The van der Waals surface area contributed by atoms with Gasteiger partial charge in [0.1, 0.15) is 0 Å². The van der Waals surface area contributed by atoms with E-state index in [1.165, 1.54) is 24.8 Å². The quantitative estimate of drug-likeness (QED) is 0.943. The van der Waals surface area contributed by atoms with E-state index in [9.17, 15) is 4.79 Å². The minimum Gasteiger partial charge on any atom is -0.341 e. The van der Waals surface area contributed by atoms with Gasteiger partial charge in [-0.2, -0.15) is 0 Å². The maximum atomic E-state index is 12.5. The lowest BCUT2D eigenvalue weighted by atomic mass is 9.96. The van der Waals surface area contributed by atoms with Crippen molar-refractivity contribution in [1.82, 2.24) is 20.3 Å². The van der Waals surface area contributed by atoms with Crippen molar-refractivity contribution in [2.45, 2.75) is 56.5 Å². The van der Waals surface area contributed by atoms with Gasteiger partial charge in [0.25, 0.3) is 5.91 Å². The summed E-state index contributed by atoms with van der Waals surface area (Å²) in [6.45, 7) is 0. The lowest BCUT2D eigenvalue weighted by molar-refractivity contribution is 0.0925. The van der Waals surface area contributed by atoms with Gasteiger partial charge in [0, 0.05) is 0 Å². The summed E-state index contributed by atoms with van der Waals surface area (Å²) in [4.78, 5) is 12.5. The highest BCUT2D eigenvalue weighted by Crippen LogP contribution is 2.45. The topological polar surface area (TPSA) is 59.8 Å². The largest absolute Gasteiger partial charge is 0.341 e. The number of hydrogen-bond donors (Lipinski definition) is 1. The first kappa shape index (κ1) is 14.4. The zero-order valence-corrected chi connectivity index (χ0v) is 13.2. The van der Waals surface area contributed by atoms with Gasteiger partial charge < -0.3 is 5.32 Å². The number of amides is 1. The number of hydrogen-bond acceptors (Lipinski definition) is 3. The van der Waals surface area contributed by atoms with Crippen molar-refractivity contribution in [3.05, 3.63) is 47.8 Å². The number of benzene rings is 1. The Morgan fingerprint density at radius 3 is 2.57 bits per heavy atom. The fraction of sp³-hybridized carbons (Fsp3) is 0.500. The van der Waals surface area contributed by atoms with Crippen molar-refractivity contribution in [3.63, 3.8) is 0 Å². The summed E-state index contributed by atoms with van der Waals surface area (Å²) in [6, 6.07) is 10.6. The average Bonchev–Trinajstić information content (AvgIpc) is 3.22. The summed E-state index contributed by atoms with van der Waals surface area (Å²) >= 11 is 0. The fourth-order valence-electron chi connectivity index (χ4n) is 3.55. The molecule has 0 spiro atoms. The van der Waals surface area contributed by atoms with Crippen LogP contribution in [0.5, 0.6) is 0 Å². The molecule has 0 aliphatic heterocycles. The van der Waals surface area contributed by atoms with E-state index in [0.29, 0.717) is 11.7 Å². The van der Waals surface area contributed by atoms with Gasteiger partial charge >= 0.3 is 0 Å². The summed E-state index contributed by atoms with van der Waals surface area (Å²) in [5, 5.41) is 11.4. The second kappa shape index (κ2) is 5.80. The van der Waals surface area contributed by atoms with Crippen LogP contribution in [0.4, 0.5) is 0 Å². The Kier molecular flexibility index (Phi) is 3.63. The van der Waals surface area contributed by atoms with E-state index in [-0.39, 0.29) is 11.4 Å². The van der Waals surface area contributed by atoms with Gasteiger partial charge in [-0.3, -0.25) is 4.79 Å². The van der Waals surface area contributed by atoms with Crippen LogP contribution in [0.3, 0.4) is 0 Å². The van der Waals surface area contributed by atoms with Crippen molar-refractivity contribution < 1.29 is 4.79 Å². The highest BCUT2D eigenvalue weighted by atomic mass is 16.2. The molecule has 1 aromatic carbocycles. The van der Waals surface area contributed by atoms with E-state index in [2.05, 4.69) is 27.8 Å². The summed E-state index contributed by atoms with van der Waals surface area (Å²) in [6.07, 6.45) is 9.84. The molecule has 2 saturated carbocycles. The lowest BCUT2D eigenvalue weighted by Crippen LogP contribution is -2.35. The third kappa shape index (κ3) is 2.87. The molecule has 1 heterocycles. The fourth-order valence-corrected chi connectivity index (χ4v) is 3.55. The van der Waals surface area contributed by atoms with Gasteiger partial charge in [0.15, 0.2) is 5.69 Å². The third-order valence-corrected chi connectivity index (χ3v) is 5.12. The van der Waals surface area contributed by atoms with E-state index >= 15 is 0 Å². The second-order valence-electron chi connectivity index (χ2n) is 6.78. The first-order valence-electron chi connectivity index (χ1n) is 8.57. The van der Waals surface area contributed by atoms with Crippen LogP contribution in [0.25, 0.3) is 0 Å². The second-order valence-corrected chi connectivity index (χ2v) is 6.78. The number of nitrogens with zero attached hydrogens (tertiary/aromatic N) is 3. The molecule has 5 nitrogen and oxygen atoms in total. The summed E-state index contributed by atoms with van der Waals surface area (Å²) < 4.78 is 1.89. The summed E-state index contributed by atoms with van der Waals surface area (Å²) in [5.41, 5.74) is 1.40. The number of nitrogens with one attached hydrogen (secondary N) is 1. The molecule has 1 N–H and O–H groups in total. The molecule has 120 valence electrons. The first-order valence-corrected chi connectivity index (χ1v) is 8.57. The molecule has 0 saturated heterocycles. The van der Waals surface area contributed by atoms with Crippen LogP contribution in [0.15, 0.2) is 36.5 Å². The molecule has 1 amide bonds. The number of rotatable bonds is 4. The number of carbonyl (C=O) groups is 1. The number of carbonyl (C=O) groups excluding carboxylic acids is 1. The molecule has 5 heteroatoms. The molecule has 0 unspecified atom stereocenters. The molecule has 2 fully saturated rings. The first-order chi connectivity index (χ1) is 11.3. The zero-order chi connectivity index (χ0) is 15.7. The van der Waals surface area contributed by atoms with Gasteiger partial charge in [0.05, 0.1) is 17.8 Å². The van der Waals surface area contributed by atoms with E-state index in [4.69, 9.17) is 0 Å². The van der Waals surface area contributed by atoms with Gasteiger partial charge in [-0.1, -0.05) is 54.8 Å². The lowest BCUT2D eigenvalue weighted by Gasteiger charge is -2.21. The molecule has 23 heavy (non-hydrogen) atoms. The molecule has 0 bridgehead atoms. The van der Waals surface area contributed by atoms with Crippen LogP contribution >= 0.6 is 0 Å². The van der Waals surface area contributed by atoms with Crippen molar-refractivity contribution in [3.8, 4) is 0 Å². The van der Waals surface area contributed by atoms with E-state index < -0.39 is 0 Å². The highest BCUT2D eigenvalue weighted by molar-refractivity contribution is 5.92. The Labute approximate surface area is 136 Å². The van der Waals surface area contributed by atoms with Crippen LogP contribution in [-0.4, -0.2) is 20.9 Å². The predicted octanol–water partition coefficient (Wildman–Crippen LogP) is 3.20. The number of aromatic nitrogens is 3. The molecule has 1 aromatic heterocycles. The van der Waals surface area contributed by atoms with Crippen molar-refractivity contribution in [2.24, 2.45) is 0 Å². The van der Waals surface area contributed by atoms with Crippen molar-refractivity contribution in [1.29, 1.82) is 0 Å². The van der Waals surface area contributed by atoms with Gasteiger partial charge in [-0.05, 0) is 31.2 Å². The minimum absolute atomic E-state index is 0.117. The molecule has 2 aliphatic carbocycles. The van der Waals surface area contributed by atoms with Gasteiger partial charge in [-0.25, -0.2) is 4.68 Å². The Hall–Kier alpha value is -2.17. The van der Waals surface area contributed by atoms with E-state index in [0.717, 1.165) is 25.7 Å². The Balaban J connectivity index is 1.46. The Bertz CT molecular complexity index is 684. The van der Waals surface area contributed by atoms with E-state index in [1.807, 2.05) is 29.1 Å². The van der Waals surface area contributed by atoms with Crippen LogP contribution < -0.4 is 5.32 Å². The van der Waals surface area contributed by atoms with Crippen LogP contribution in [-0.2, 0) is 5.54 Å². The predicted molar refractivity (Wildman–Crippen MR) is 87.0 cm³/mol. The standard InChI is InChI=1S/C18H22N4O/c23-17(19-18(11-12-18)14-7-3-1-4-8-14)16-13-22(21-20-16)15-9-5-2-6-10-15/h1,3-4,7-8,13,15H,2,5-6,9-12H2,(H,19,23). The highest BCUT2D eigenvalue weighted by Gasteiger charge is 2.45. The Morgan fingerprint density at radius 1 is 1.13 bits per heavy atom. The molecular formula is C18H22N4O. The van der Waals surface area contributed by atoms with Crippen molar-refractivity contribution in [2.75, 3.05) is 0 Å². The SMILES string of the molecule is O=C(NC1(c2ccccc2)CC1)c1cn(C2CCCCC2)nn1. The average molecular weight is 310 g/mol. The van der Waals surface area contributed by atoms with Gasteiger partial charge in [-0.15, -0.1) is 5.10 Å². The Morgan fingerprint density at radius 2 is 1.87 bits per heavy atom. The molecule has 4 rings (SSSR count). The third-order valence-electron chi connectivity index (χ3n) is 5.12. The smallest absolute Gasteiger partial charge is 0.274 e. The maximum Gasteiger partial charge on any atom is 0.274 e. The summed E-state index contributed by atoms with van der Waals surface area (Å²) in [7, 11) is 0. The molecule has 2 aromatic rings. The monoisotopic (exact) mass is 310 g/mol. The zero-order valence-electron chi connectivity index (χ0n) is 13.2. The van der Waals surface area contributed by atoms with Crippen molar-refractivity contribution >= 4 is 5.91 Å². The summed E-state index contributed by atoms with van der Waals surface area (Å²) in [5.74, 6) is -0.117. The molecule has 0 atom stereocenters. The van der Waals surface area contributed by atoms with Gasteiger partial charge in [0.2, 0.25) is 0 Å². The van der Waals surface area contributed by atoms with Crippen LogP contribution in [0.1, 0.15) is 67.0 Å². The minimum atomic E-state index is -0.201. The van der Waals surface area contributed by atoms with Crippen LogP contribution in [0.2, 0.25) is 0 Å². The maximum absolute atomic E-state index is 12.5. The molecular weight excluding hydrogens is 288 g/mol. The molecule has 2 aliphatic rings. The normalized spacial score (nSPS) is 20.2. The van der Waals surface area contributed by atoms with E-state index in [1.54, 1.807) is 0 Å².